The summed E-state index contributed by atoms with van der Waals surface area (Å²) in [6.45, 7) is 2.78. The Kier molecular flexibility index (Phi) is 6.71. The molecule has 1 unspecified atom stereocenters. The van der Waals surface area contributed by atoms with E-state index < -0.39 is 28.7 Å². The molecule has 0 aromatic heterocycles. The zero-order valence-corrected chi connectivity index (χ0v) is 24.2. The molecule has 0 bridgehead atoms. The Balaban J connectivity index is 1.29. The van der Waals surface area contributed by atoms with Gasteiger partial charge in [0.05, 0.1) is 29.2 Å². The van der Waals surface area contributed by atoms with Gasteiger partial charge in [-0.15, -0.1) is 11.8 Å². The molecule has 4 heterocycles. The summed E-state index contributed by atoms with van der Waals surface area (Å²) in [5, 5.41) is 12.1. The maximum Gasteiger partial charge on any atom is 0.251 e. The summed E-state index contributed by atoms with van der Waals surface area (Å²) in [7, 11) is 0. The van der Waals surface area contributed by atoms with Gasteiger partial charge in [-0.05, 0) is 35.4 Å². The fourth-order valence-corrected chi connectivity index (χ4v) is 9.21. The number of nitrogens with zero attached hydrogens (tertiary/aromatic N) is 3. The number of benzene rings is 3. The van der Waals surface area contributed by atoms with Gasteiger partial charge in [-0.2, -0.15) is 0 Å². The van der Waals surface area contributed by atoms with Crippen LogP contribution >= 0.6 is 11.8 Å². The van der Waals surface area contributed by atoms with Crippen LogP contribution in [-0.2, 0) is 20.9 Å². The minimum absolute atomic E-state index is 0.0645. The number of carbonyl (C=O) groups excluding carboxylic acids is 3. The molecule has 4 aliphatic heterocycles. The summed E-state index contributed by atoms with van der Waals surface area (Å²) >= 11 is 1.56. The van der Waals surface area contributed by atoms with Gasteiger partial charge < -0.3 is 19.8 Å². The van der Waals surface area contributed by atoms with Crippen molar-refractivity contribution in [1.82, 2.24) is 9.80 Å². The second kappa shape index (κ2) is 10.4. The van der Waals surface area contributed by atoms with E-state index in [0.717, 1.165) is 22.0 Å². The molecule has 6 atom stereocenters. The predicted octanol–water partition coefficient (Wildman–Crippen LogP) is 4.02. The van der Waals surface area contributed by atoms with Crippen LogP contribution < -0.4 is 4.90 Å². The minimum Gasteiger partial charge on any atom is -0.394 e. The molecule has 0 aliphatic carbocycles. The topological polar surface area (TPSA) is 81.2 Å². The molecule has 1 spiro atoms. The Morgan fingerprint density at radius 2 is 1.67 bits per heavy atom. The average molecular weight is 580 g/mol. The number of anilines is 1. The lowest BCUT2D eigenvalue weighted by Crippen LogP contribution is -2.56. The standard InChI is InChI=1S/C34H33N3O4S/c1-22(21-38)37-30-33(41)36(26-15-14-24-11-5-6-12-25(24)19-26)18-8-16-34(30)29(32(37)40)28-27(42-34)13-7-17-35(31(28)39)20-23-9-3-2-4-10-23/h2-16,19,22,27-30,38H,17-18,20-21H2,1H3/t22-,27-,28+,29+,30?,34+/m1/s1. The maximum absolute atomic E-state index is 14.6. The van der Waals surface area contributed by atoms with Crippen LogP contribution in [0.15, 0.2) is 97.1 Å². The van der Waals surface area contributed by atoms with Crippen molar-refractivity contribution in [2.24, 2.45) is 11.8 Å². The van der Waals surface area contributed by atoms with Gasteiger partial charge in [0.2, 0.25) is 11.8 Å². The Morgan fingerprint density at radius 1 is 0.905 bits per heavy atom. The Hall–Kier alpha value is -3.88. The van der Waals surface area contributed by atoms with Crippen LogP contribution in [0.4, 0.5) is 5.69 Å². The van der Waals surface area contributed by atoms with Crippen molar-refractivity contribution in [3.05, 3.63) is 103 Å². The molecule has 4 aliphatic rings. The molecule has 3 amide bonds. The zero-order chi connectivity index (χ0) is 29.0. The molecule has 7 rings (SSSR count). The van der Waals surface area contributed by atoms with Crippen molar-refractivity contribution >= 4 is 45.9 Å². The molecule has 2 fully saturated rings. The summed E-state index contributed by atoms with van der Waals surface area (Å²) in [5.41, 5.74) is 1.79. The number of hydrogen-bond donors (Lipinski definition) is 1. The van der Waals surface area contributed by atoms with Crippen LogP contribution in [0.3, 0.4) is 0 Å². The lowest BCUT2D eigenvalue weighted by molar-refractivity contribution is -0.144. The molecular weight excluding hydrogens is 546 g/mol. The minimum atomic E-state index is -0.922. The highest BCUT2D eigenvalue weighted by Crippen LogP contribution is 2.61. The van der Waals surface area contributed by atoms with Gasteiger partial charge in [0.1, 0.15) is 6.04 Å². The summed E-state index contributed by atoms with van der Waals surface area (Å²) in [5.74, 6) is -1.80. The van der Waals surface area contributed by atoms with Gasteiger partial charge in [-0.25, -0.2) is 0 Å². The van der Waals surface area contributed by atoms with Crippen molar-refractivity contribution in [2.75, 3.05) is 24.6 Å². The molecule has 2 saturated heterocycles. The van der Waals surface area contributed by atoms with Gasteiger partial charge >= 0.3 is 0 Å². The number of amides is 3. The largest absolute Gasteiger partial charge is 0.394 e. The van der Waals surface area contributed by atoms with Crippen molar-refractivity contribution in [3.63, 3.8) is 0 Å². The molecule has 3 aromatic carbocycles. The SMILES string of the molecule is C[C@H](CO)N1C(=O)[C@@H]2[C@H]3C(=O)N(Cc4ccccc4)CC=C[C@H]3S[C@@]23C=CCN(c2ccc4ccccc4c2)C(=O)C13. The molecule has 0 radical (unpaired) electrons. The summed E-state index contributed by atoms with van der Waals surface area (Å²) in [6, 6.07) is 22.4. The summed E-state index contributed by atoms with van der Waals surface area (Å²) in [4.78, 5) is 48.4. The van der Waals surface area contributed by atoms with Crippen molar-refractivity contribution in [1.29, 1.82) is 0 Å². The van der Waals surface area contributed by atoms with Crippen molar-refractivity contribution in [2.45, 2.75) is 35.5 Å². The summed E-state index contributed by atoms with van der Waals surface area (Å²) in [6.07, 6.45) is 8.08. The van der Waals surface area contributed by atoms with E-state index in [9.17, 15) is 19.5 Å². The van der Waals surface area contributed by atoms with Crippen LogP contribution in [0.25, 0.3) is 10.8 Å². The average Bonchev–Trinajstić information content (AvgIpc) is 3.34. The first-order chi connectivity index (χ1) is 20.4. The number of rotatable bonds is 5. The highest BCUT2D eigenvalue weighted by molar-refractivity contribution is 8.02. The molecule has 214 valence electrons. The number of hydrogen-bond acceptors (Lipinski definition) is 5. The molecule has 3 aromatic rings. The highest BCUT2D eigenvalue weighted by atomic mass is 32.2. The lowest BCUT2D eigenvalue weighted by atomic mass is 9.78. The third-order valence-electron chi connectivity index (χ3n) is 9.18. The molecular formula is C34H33N3O4S. The zero-order valence-electron chi connectivity index (χ0n) is 23.4. The third kappa shape index (κ3) is 4.11. The smallest absolute Gasteiger partial charge is 0.251 e. The van der Waals surface area contributed by atoms with E-state index in [2.05, 4.69) is 6.08 Å². The molecule has 42 heavy (non-hydrogen) atoms. The Morgan fingerprint density at radius 3 is 2.45 bits per heavy atom. The van der Waals surface area contributed by atoms with Crippen molar-refractivity contribution < 1.29 is 19.5 Å². The molecule has 1 N–H and O–H groups in total. The summed E-state index contributed by atoms with van der Waals surface area (Å²) < 4.78 is -0.922. The first kappa shape index (κ1) is 27.0. The van der Waals surface area contributed by atoms with E-state index in [1.54, 1.807) is 28.5 Å². The molecule has 8 heteroatoms. The van der Waals surface area contributed by atoms with E-state index in [1.807, 2.05) is 95.9 Å². The van der Waals surface area contributed by atoms with Crippen LogP contribution in [0.1, 0.15) is 12.5 Å². The number of fused-ring (bicyclic) bond motifs is 3. The second-order valence-electron chi connectivity index (χ2n) is 11.6. The predicted molar refractivity (Wildman–Crippen MR) is 165 cm³/mol. The monoisotopic (exact) mass is 579 g/mol. The van der Waals surface area contributed by atoms with Gasteiger partial charge in [0.15, 0.2) is 0 Å². The fourth-order valence-electron chi connectivity index (χ4n) is 7.21. The maximum atomic E-state index is 14.6. The van der Waals surface area contributed by atoms with E-state index in [1.165, 1.54) is 0 Å². The Labute approximate surface area is 249 Å². The fraction of sp³-hybridized carbons (Fsp3) is 0.324. The lowest BCUT2D eigenvalue weighted by Gasteiger charge is -2.37. The quantitative estimate of drug-likeness (QED) is 0.462. The number of likely N-dealkylation sites (tertiary alicyclic amines) is 1. The van der Waals surface area contributed by atoms with Crippen molar-refractivity contribution in [3.8, 4) is 0 Å². The normalized spacial score (nSPS) is 29.4. The van der Waals surface area contributed by atoms with Gasteiger partial charge in [-0.3, -0.25) is 14.4 Å². The number of thioether (sulfide) groups is 1. The van der Waals surface area contributed by atoms with Gasteiger partial charge in [0.25, 0.3) is 5.91 Å². The number of aliphatic hydroxyl groups is 1. The third-order valence-corrected chi connectivity index (χ3v) is 10.9. The van der Waals surface area contributed by atoms with Gasteiger partial charge in [-0.1, -0.05) is 85.0 Å². The van der Waals surface area contributed by atoms with Crippen LogP contribution in [-0.4, -0.2) is 74.4 Å². The first-order valence-electron chi connectivity index (χ1n) is 14.5. The molecule has 0 saturated carbocycles. The first-order valence-corrected chi connectivity index (χ1v) is 15.4. The number of carbonyl (C=O) groups is 3. The highest BCUT2D eigenvalue weighted by Gasteiger charge is 2.71. The van der Waals surface area contributed by atoms with Crippen LogP contribution in [0, 0.1) is 11.8 Å². The number of aliphatic hydroxyl groups excluding tert-OH is 1. The van der Waals surface area contributed by atoms with Gasteiger partial charge in [0, 0.05) is 30.6 Å². The van der Waals surface area contributed by atoms with Crippen LogP contribution in [0.5, 0.6) is 0 Å². The van der Waals surface area contributed by atoms with E-state index in [-0.39, 0.29) is 29.6 Å². The molecule has 7 nitrogen and oxygen atoms in total. The van der Waals surface area contributed by atoms with E-state index in [0.29, 0.717) is 19.6 Å². The Bertz CT molecular complexity index is 1620. The van der Waals surface area contributed by atoms with E-state index in [4.69, 9.17) is 0 Å². The second-order valence-corrected chi connectivity index (χ2v) is 13.1. The van der Waals surface area contributed by atoms with Crippen LogP contribution in [0.2, 0.25) is 0 Å². The van der Waals surface area contributed by atoms with E-state index >= 15 is 0 Å².